The van der Waals surface area contributed by atoms with Crippen LogP contribution in [0.15, 0.2) is 41.4 Å². The maximum atomic E-state index is 13.1. The molecular weight excluding hydrogens is 663 g/mol. The third-order valence-corrected chi connectivity index (χ3v) is 12.2. The van der Waals surface area contributed by atoms with Crippen molar-refractivity contribution >= 4 is 44.8 Å². The van der Waals surface area contributed by atoms with Crippen molar-refractivity contribution in [2.24, 2.45) is 0 Å². The number of aromatic nitrogens is 3. The van der Waals surface area contributed by atoms with Crippen LogP contribution in [0.25, 0.3) is 16.8 Å². The van der Waals surface area contributed by atoms with Gasteiger partial charge in [0, 0.05) is 60.0 Å². The first kappa shape index (κ1) is 38.2. The molecule has 266 valence electrons. The molecule has 1 aliphatic rings. The lowest BCUT2D eigenvalue weighted by Crippen LogP contribution is -2.42. The maximum Gasteiger partial charge on any atom is 0.410 e. The zero-order valence-electron chi connectivity index (χ0n) is 30.2. The molecule has 2 aromatic heterocycles. The van der Waals surface area contributed by atoms with E-state index < -0.39 is 32.8 Å². The molecule has 3 aromatic rings. The first-order chi connectivity index (χ1) is 22.4. The number of carbonyl (C=O) groups is 1. The minimum Gasteiger partial charge on any atom is -0.444 e. The smallest absolute Gasteiger partial charge is 0.410 e. The van der Waals surface area contributed by atoms with Gasteiger partial charge in [0.05, 0.1) is 16.8 Å². The number of benzene rings is 1. The lowest BCUT2D eigenvalue weighted by molar-refractivity contribution is 0.0197. The summed E-state index contributed by atoms with van der Waals surface area (Å²) in [6.45, 7) is 22.8. The summed E-state index contributed by atoms with van der Waals surface area (Å²) in [5.41, 5.74) is 2.56. The zero-order chi connectivity index (χ0) is 35.3. The molecule has 3 heterocycles. The highest BCUT2D eigenvalue weighted by atomic mass is 32.2. The Labute approximate surface area is 290 Å². The number of fused-ring (bicyclic) bond motifs is 1. The lowest BCUT2D eigenvalue weighted by atomic mass is 9.94. The average molecular weight is 718 g/mol. The van der Waals surface area contributed by atoms with Gasteiger partial charge in [-0.2, -0.15) is 9.61 Å². The van der Waals surface area contributed by atoms with Crippen LogP contribution in [0.3, 0.4) is 0 Å². The van der Waals surface area contributed by atoms with Crippen LogP contribution >= 0.6 is 0 Å². The maximum absolute atomic E-state index is 13.1. The number of anilines is 1. The van der Waals surface area contributed by atoms with Gasteiger partial charge in [-0.15, -0.1) is 0 Å². The van der Waals surface area contributed by atoms with E-state index >= 15 is 0 Å². The van der Waals surface area contributed by atoms with Crippen molar-refractivity contribution in [2.45, 2.75) is 101 Å². The van der Waals surface area contributed by atoms with E-state index in [1.165, 1.54) is 0 Å². The van der Waals surface area contributed by atoms with Crippen LogP contribution in [0.1, 0.15) is 45.2 Å². The number of amides is 1. The Hall–Kier alpha value is -2.63. The van der Waals surface area contributed by atoms with E-state index in [0.717, 1.165) is 47.6 Å². The van der Waals surface area contributed by atoms with Crippen molar-refractivity contribution in [3.05, 3.63) is 42.2 Å². The topological polar surface area (TPSA) is 119 Å². The summed E-state index contributed by atoms with van der Waals surface area (Å²) in [5, 5.41) is 4.80. The van der Waals surface area contributed by atoms with Crippen LogP contribution in [0.4, 0.5) is 10.6 Å². The fourth-order valence-corrected chi connectivity index (χ4v) is 7.22. The molecule has 2 atom stereocenters. The van der Waals surface area contributed by atoms with Gasteiger partial charge >= 0.3 is 6.09 Å². The quantitative estimate of drug-likeness (QED) is 0.0782. The molecule has 48 heavy (non-hydrogen) atoms. The van der Waals surface area contributed by atoms with Crippen LogP contribution in [-0.4, -0.2) is 95.9 Å². The first-order valence-corrected chi connectivity index (χ1v) is 25.4. The summed E-state index contributed by atoms with van der Waals surface area (Å²) in [7, 11) is -2.57. The van der Waals surface area contributed by atoms with Crippen molar-refractivity contribution in [1.29, 1.82) is 0 Å². The Balaban J connectivity index is 1.75. The average Bonchev–Trinajstić information content (AvgIpc) is 3.42. The highest BCUT2D eigenvalue weighted by Gasteiger charge is 2.31. The molecule has 1 amide bonds. The molecule has 0 saturated carbocycles. The number of nitrogens with zero attached hydrogens (tertiary/aromatic N) is 5. The second-order valence-electron chi connectivity index (χ2n) is 16.1. The molecular formula is C34H55N5O6SSi2. The largest absolute Gasteiger partial charge is 0.444 e. The third kappa shape index (κ3) is 11.2. The van der Waals surface area contributed by atoms with Gasteiger partial charge < -0.3 is 28.6 Å². The van der Waals surface area contributed by atoms with Gasteiger partial charge in [0.15, 0.2) is 16.7 Å². The van der Waals surface area contributed by atoms with Gasteiger partial charge in [0.2, 0.25) is 0 Å². The second kappa shape index (κ2) is 15.9. The van der Waals surface area contributed by atoms with Crippen molar-refractivity contribution in [2.75, 3.05) is 44.7 Å². The standard InChI is InChI=1S/C34H55N5O6SSi2/c1-34(2,3)45-33(40)37-16-10-11-27(23-37)30-21-31(38(24-43-17-19-47(4,5)6)25-44-18-20-48(7,8)9)39-32(36-30)29(22-35-39)26-12-14-28(15-13-26)46(41)42/h12-15,21-22,27H,10-11,16-20,23-25H2,1-9H3,(H,41,42). The predicted molar refractivity (Wildman–Crippen MR) is 198 cm³/mol. The van der Waals surface area contributed by atoms with E-state index in [4.69, 9.17) is 24.3 Å². The van der Waals surface area contributed by atoms with E-state index in [-0.39, 0.29) is 12.0 Å². The zero-order valence-corrected chi connectivity index (χ0v) is 33.1. The van der Waals surface area contributed by atoms with E-state index in [9.17, 15) is 13.6 Å². The molecule has 2 unspecified atom stereocenters. The molecule has 0 spiro atoms. The predicted octanol–water partition coefficient (Wildman–Crippen LogP) is 7.52. The number of ether oxygens (including phenoxy) is 3. The molecule has 0 bridgehead atoms. The molecule has 0 aliphatic carbocycles. The Bertz CT molecular complexity index is 1530. The van der Waals surface area contributed by atoms with Gasteiger partial charge in [0.1, 0.15) is 24.9 Å². The van der Waals surface area contributed by atoms with E-state index in [1.54, 1.807) is 23.2 Å². The summed E-state index contributed by atoms with van der Waals surface area (Å²) in [6, 6.07) is 11.1. The van der Waals surface area contributed by atoms with Crippen LogP contribution in [0.5, 0.6) is 0 Å². The number of likely N-dealkylation sites (tertiary alicyclic amines) is 1. The van der Waals surface area contributed by atoms with Gasteiger partial charge in [-0.05, 0) is 63.4 Å². The van der Waals surface area contributed by atoms with Gasteiger partial charge in [-0.1, -0.05) is 51.4 Å². The molecule has 1 aromatic carbocycles. The van der Waals surface area contributed by atoms with Crippen LogP contribution < -0.4 is 4.90 Å². The van der Waals surface area contributed by atoms with E-state index in [0.29, 0.717) is 50.3 Å². The number of hydrogen-bond acceptors (Lipinski definition) is 8. The summed E-state index contributed by atoms with van der Waals surface area (Å²) >= 11 is -2.07. The highest BCUT2D eigenvalue weighted by molar-refractivity contribution is 7.79. The normalized spacial score (nSPS) is 16.7. The van der Waals surface area contributed by atoms with Crippen LogP contribution in [0.2, 0.25) is 51.4 Å². The van der Waals surface area contributed by atoms with Gasteiger partial charge in [-0.3, -0.25) is 0 Å². The summed E-state index contributed by atoms with van der Waals surface area (Å²) < 4.78 is 41.3. The minimum atomic E-state index is -2.07. The second-order valence-corrected chi connectivity index (χ2v) is 28.3. The Morgan fingerprint density at radius 3 is 2.17 bits per heavy atom. The highest BCUT2D eigenvalue weighted by Crippen LogP contribution is 2.33. The lowest BCUT2D eigenvalue weighted by Gasteiger charge is -2.34. The summed E-state index contributed by atoms with van der Waals surface area (Å²) in [5.74, 6) is 0.782. The fourth-order valence-electron chi connectivity index (χ4n) is 5.34. The molecule has 1 saturated heterocycles. The molecule has 11 nitrogen and oxygen atoms in total. The molecule has 1 fully saturated rings. The number of carbonyl (C=O) groups excluding carboxylic acids is 1. The van der Waals surface area contributed by atoms with E-state index in [1.807, 2.05) is 37.4 Å². The Morgan fingerprint density at radius 1 is 1.02 bits per heavy atom. The monoisotopic (exact) mass is 717 g/mol. The summed E-state index contributed by atoms with van der Waals surface area (Å²) in [6.07, 6.45) is 3.18. The fraction of sp³-hybridized carbons (Fsp3) is 0.618. The van der Waals surface area contributed by atoms with Gasteiger partial charge in [0.25, 0.3) is 0 Å². The van der Waals surface area contributed by atoms with Crippen molar-refractivity contribution in [1.82, 2.24) is 19.5 Å². The number of piperidine rings is 1. The minimum absolute atomic E-state index is 0.0144. The van der Waals surface area contributed by atoms with Crippen LogP contribution in [0, 0.1) is 0 Å². The molecule has 1 N–H and O–H groups in total. The SMILES string of the molecule is CC(C)(C)OC(=O)N1CCCC(c2cc(N(COCC[Si](C)(C)C)COCC[Si](C)(C)C)n3ncc(-c4ccc(S(=O)O)cc4)c3n2)C1. The summed E-state index contributed by atoms with van der Waals surface area (Å²) in [4.78, 5) is 22.4. The van der Waals surface area contributed by atoms with E-state index in [2.05, 4.69) is 50.2 Å². The molecule has 1 aliphatic heterocycles. The van der Waals surface area contributed by atoms with Crippen molar-refractivity contribution in [3.8, 4) is 11.1 Å². The molecule has 0 radical (unpaired) electrons. The number of hydrogen-bond donors (Lipinski definition) is 1. The first-order valence-electron chi connectivity index (χ1n) is 16.9. The Kier molecular flexibility index (Phi) is 12.7. The number of rotatable bonds is 14. The van der Waals surface area contributed by atoms with Crippen molar-refractivity contribution in [3.63, 3.8) is 0 Å². The third-order valence-electron chi connectivity index (χ3n) is 8.14. The van der Waals surface area contributed by atoms with Crippen LogP contribution in [-0.2, 0) is 25.3 Å². The molecule has 14 heteroatoms. The Morgan fingerprint density at radius 2 is 1.62 bits per heavy atom. The molecule has 4 rings (SSSR count). The van der Waals surface area contributed by atoms with Gasteiger partial charge in [-0.25, -0.2) is 14.0 Å². The van der Waals surface area contributed by atoms with Crippen molar-refractivity contribution < 1.29 is 27.8 Å².